The molecular weight excluding hydrogens is 383 g/mol. The molecule has 2 fully saturated rings. The van der Waals surface area contributed by atoms with Gasteiger partial charge >= 0.3 is 13.8 Å². The molecule has 1 aliphatic carbocycles. The second kappa shape index (κ2) is 8.81. The number of fused-ring (bicyclic) bond motifs is 1. The van der Waals surface area contributed by atoms with Crippen LogP contribution in [0.2, 0.25) is 0 Å². The van der Waals surface area contributed by atoms with Gasteiger partial charge in [-0.3, -0.25) is 13.4 Å². The number of carboxylic acid groups (broad SMARTS) is 1. The standard InChI is InChI=1S/C19H23N3O4.BF2/c1-26-18-15(21-8-2-3-11(20)9-21)7-6-13-16(18)22(12-4-5-12)10-14(17(13)23)19(24)25;2-1-3/h6-7,10-12H,2-5,8-9,20H2,1H3,(H,24,25);. The molecule has 2 heterocycles. The largest absolute Gasteiger partial charge is 0.577 e. The Morgan fingerprint density at radius 1 is 1.31 bits per heavy atom. The highest BCUT2D eigenvalue weighted by atomic mass is 19.2. The fourth-order valence-corrected chi connectivity index (χ4v) is 3.88. The van der Waals surface area contributed by atoms with Gasteiger partial charge in [-0.15, -0.1) is 0 Å². The Kier molecular flexibility index (Phi) is 6.41. The molecule has 10 heteroatoms. The van der Waals surface area contributed by atoms with Crippen LogP contribution >= 0.6 is 0 Å². The van der Waals surface area contributed by atoms with E-state index in [0.717, 1.165) is 44.5 Å². The van der Waals surface area contributed by atoms with Crippen LogP contribution in [0.25, 0.3) is 10.9 Å². The zero-order chi connectivity index (χ0) is 21.1. The van der Waals surface area contributed by atoms with Crippen molar-refractivity contribution >= 4 is 30.4 Å². The van der Waals surface area contributed by atoms with Gasteiger partial charge in [0.15, 0.2) is 5.75 Å². The number of aromatic carboxylic acids is 1. The molecule has 1 atom stereocenters. The summed E-state index contributed by atoms with van der Waals surface area (Å²) in [5.74, 6) is -0.575. The molecule has 1 aliphatic heterocycles. The molecule has 2 aliphatic rings. The first-order valence-electron chi connectivity index (χ1n) is 9.44. The average Bonchev–Trinajstić information content (AvgIpc) is 3.53. The number of nitrogens with zero attached hydrogens (tertiary/aromatic N) is 2. The Bertz CT molecular complexity index is 965. The molecule has 3 N–H and O–H groups in total. The van der Waals surface area contributed by atoms with Crippen LogP contribution in [0.4, 0.5) is 14.3 Å². The van der Waals surface area contributed by atoms with E-state index in [4.69, 9.17) is 10.5 Å². The van der Waals surface area contributed by atoms with Gasteiger partial charge in [0.1, 0.15) is 5.56 Å². The molecule has 155 valence electrons. The number of hydrogen-bond acceptors (Lipinski definition) is 5. The highest BCUT2D eigenvalue weighted by Gasteiger charge is 2.30. The molecule has 1 unspecified atom stereocenters. The second-order valence-corrected chi connectivity index (χ2v) is 7.26. The van der Waals surface area contributed by atoms with Gasteiger partial charge in [0.05, 0.1) is 23.7 Å². The number of carboxylic acids is 1. The molecule has 1 saturated heterocycles. The second-order valence-electron chi connectivity index (χ2n) is 7.26. The predicted molar refractivity (Wildman–Crippen MR) is 107 cm³/mol. The van der Waals surface area contributed by atoms with Crippen LogP contribution in [0.5, 0.6) is 5.75 Å². The Morgan fingerprint density at radius 2 is 2.00 bits per heavy atom. The lowest BCUT2D eigenvalue weighted by atomic mass is 10.0. The quantitative estimate of drug-likeness (QED) is 0.757. The third-order valence-corrected chi connectivity index (χ3v) is 5.30. The number of methoxy groups -OCH3 is 1. The summed E-state index contributed by atoms with van der Waals surface area (Å²) in [5, 5.41) is 9.79. The van der Waals surface area contributed by atoms with Crippen molar-refractivity contribution in [3.05, 3.63) is 34.1 Å². The number of halogens is 2. The lowest BCUT2D eigenvalue weighted by molar-refractivity contribution is 0.0695. The zero-order valence-corrected chi connectivity index (χ0v) is 16.1. The fourth-order valence-electron chi connectivity index (χ4n) is 3.88. The zero-order valence-electron chi connectivity index (χ0n) is 16.1. The van der Waals surface area contributed by atoms with Crippen LogP contribution < -0.4 is 20.8 Å². The van der Waals surface area contributed by atoms with Gasteiger partial charge in [-0.25, -0.2) is 4.79 Å². The smallest absolute Gasteiger partial charge is 0.492 e. The van der Waals surface area contributed by atoms with Crippen molar-refractivity contribution in [3.8, 4) is 5.75 Å². The minimum absolute atomic E-state index is 0.115. The summed E-state index contributed by atoms with van der Waals surface area (Å²) in [5.41, 5.74) is 7.06. The van der Waals surface area contributed by atoms with Crippen LogP contribution in [0, 0.1) is 0 Å². The number of nitrogens with two attached hydrogens (primary N) is 1. The minimum atomic E-state index is -1.20. The maximum atomic E-state index is 12.7. The first-order chi connectivity index (χ1) is 13.9. The Hall–Kier alpha value is -2.62. The summed E-state index contributed by atoms with van der Waals surface area (Å²) in [6.07, 6.45) is 5.42. The first kappa shape index (κ1) is 21.1. The van der Waals surface area contributed by atoms with Crippen molar-refractivity contribution in [2.75, 3.05) is 25.1 Å². The van der Waals surface area contributed by atoms with E-state index in [2.05, 4.69) is 4.90 Å². The number of pyridine rings is 1. The van der Waals surface area contributed by atoms with E-state index in [9.17, 15) is 23.3 Å². The number of hydrogen-bond donors (Lipinski definition) is 2. The molecule has 4 rings (SSSR count). The van der Waals surface area contributed by atoms with E-state index in [1.54, 1.807) is 13.2 Å². The van der Waals surface area contributed by atoms with Gasteiger partial charge in [0.25, 0.3) is 0 Å². The molecule has 0 amide bonds. The Labute approximate surface area is 167 Å². The third-order valence-electron chi connectivity index (χ3n) is 5.30. The number of anilines is 1. The van der Waals surface area contributed by atoms with Crippen molar-refractivity contribution in [2.45, 2.75) is 37.8 Å². The summed E-state index contributed by atoms with van der Waals surface area (Å²) < 4.78 is 26.6. The monoisotopic (exact) mass is 406 g/mol. The van der Waals surface area contributed by atoms with Crippen LogP contribution in [0.3, 0.4) is 0 Å². The number of benzene rings is 1. The number of rotatable bonds is 4. The van der Waals surface area contributed by atoms with E-state index in [1.807, 2.05) is 10.6 Å². The Balaban J connectivity index is 0.000000755. The molecule has 29 heavy (non-hydrogen) atoms. The number of aromatic nitrogens is 1. The number of carbonyl (C=O) groups is 1. The van der Waals surface area contributed by atoms with Gasteiger partial charge in [0.2, 0.25) is 5.43 Å². The van der Waals surface area contributed by atoms with Crippen LogP contribution in [0.15, 0.2) is 23.1 Å². The topological polar surface area (TPSA) is 97.8 Å². The average molecular weight is 406 g/mol. The van der Waals surface area contributed by atoms with Crippen LogP contribution in [-0.2, 0) is 0 Å². The summed E-state index contributed by atoms with van der Waals surface area (Å²) in [4.78, 5) is 26.4. The molecule has 7 nitrogen and oxygen atoms in total. The lowest BCUT2D eigenvalue weighted by Crippen LogP contribution is -2.43. The third kappa shape index (κ3) is 4.22. The van der Waals surface area contributed by atoms with E-state index < -0.39 is 19.2 Å². The fraction of sp³-hybridized carbons (Fsp3) is 0.474. The lowest BCUT2D eigenvalue weighted by Gasteiger charge is -2.34. The minimum Gasteiger partial charge on any atom is -0.492 e. The van der Waals surface area contributed by atoms with Crippen LogP contribution in [0.1, 0.15) is 42.1 Å². The maximum Gasteiger partial charge on any atom is 0.577 e. The summed E-state index contributed by atoms with van der Waals surface area (Å²) >= 11 is 0. The van der Waals surface area contributed by atoms with Crippen molar-refractivity contribution in [3.63, 3.8) is 0 Å². The molecule has 1 aromatic carbocycles. The van der Waals surface area contributed by atoms with Gasteiger partial charge in [-0.1, -0.05) is 0 Å². The molecule has 2 aromatic rings. The van der Waals surface area contributed by atoms with Crippen molar-refractivity contribution in [1.82, 2.24) is 4.57 Å². The van der Waals surface area contributed by atoms with Crippen molar-refractivity contribution in [2.24, 2.45) is 5.73 Å². The normalized spacial score (nSPS) is 18.8. The van der Waals surface area contributed by atoms with Crippen molar-refractivity contribution < 1.29 is 23.3 Å². The molecule has 1 saturated carbocycles. The number of ether oxygens (including phenoxy) is 1. The summed E-state index contributed by atoms with van der Waals surface area (Å²) in [7, 11) is 0.592. The van der Waals surface area contributed by atoms with Crippen molar-refractivity contribution in [1.29, 1.82) is 0 Å². The van der Waals surface area contributed by atoms with E-state index >= 15 is 0 Å². The van der Waals surface area contributed by atoms with Gasteiger partial charge < -0.3 is 25.0 Å². The molecule has 0 bridgehead atoms. The summed E-state index contributed by atoms with van der Waals surface area (Å²) in [6.45, 7) is 1.62. The Morgan fingerprint density at radius 3 is 2.55 bits per heavy atom. The first-order valence-corrected chi connectivity index (χ1v) is 9.44. The molecule has 1 radical (unpaired) electrons. The SMILES string of the molecule is COc1c(N2CCCC(N)C2)ccc2c(=O)c(C(=O)O)cn(C3CC3)c12.F[B]F. The molecule has 0 spiro atoms. The van der Waals surface area contributed by atoms with E-state index in [-0.39, 0.29) is 17.6 Å². The predicted octanol–water partition coefficient (Wildman–Crippen LogP) is 2.43. The van der Waals surface area contributed by atoms with Gasteiger partial charge in [0, 0.05) is 31.4 Å². The van der Waals surface area contributed by atoms with E-state index in [1.165, 1.54) is 6.20 Å². The molecule has 1 aromatic heterocycles. The number of piperidine rings is 1. The van der Waals surface area contributed by atoms with Gasteiger partial charge in [-0.05, 0) is 37.8 Å². The van der Waals surface area contributed by atoms with E-state index in [0.29, 0.717) is 16.7 Å². The van der Waals surface area contributed by atoms with Crippen LogP contribution in [-0.4, -0.2) is 49.7 Å². The molecular formula is C19H23BF2N3O4. The highest BCUT2D eigenvalue weighted by Crippen LogP contribution is 2.42. The highest BCUT2D eigenvalue weighted by molar-refractivity contribution is 6.15. The summed E-state index contributed by atoms with van der Waals surface area (Å²) in [6, 6.07) is 3.90. The van der Waals surface area contributed by atoms with Gasteiger partial charge in [-0.2, -0.15) is 0 Å². The maximum absolute atomic E-state index is 12.7.